The third kappa shape index (κ3) is 3.24. The third-order valence-electron chi connectivity index (χ3n) is 3.33. The largest absolute Gasteiger partial charge is 0.481 e. The number of rotatable bonds is 3. The average molecular weight is 263 g/mol. The van der Waals surface area contributed by atoms with Crippen LogP contribution in [-0.2, 0) is 11.2 Å². The van der Waals surface area contributed by atoms with Crippen molar-refractivity contribution in [2.75, 3.05) is 13.1 Å². The van der Waals surface area contributed by atoms with Gasteiger partial charge in [-0.25, -0.2) is 4.79 Å². The van der Waals surface area contributed by atoms with Crippen LogP contribution in [0.15, 0.2) is 24.3 Å². The molecule has 5 heteroatoms. The molecule has 1 aliphatic rings. The Hall–Kier alpha value is -2.04. The predicted octanol–water partition coefficient (Wildman–Crippen LogP) is 2.15. The summed E-state index contributed by atoms with van der Waals surface area (Å²) in [6, 6.07) is 7.32. The molecule has 0 radical (unpaired) electrons. The van der Waals surface area contributed by atoms with E-state index >= 15 is 0 Å². The van der Waals surface area contributed by atoms with Crippen LogP contribution in [0, 0.1) is 5.92 Å². The van der Waals surface area contributed by atoms with Gasteiger partial charge in [-0.15, -0.1) is 0 Å². The Labute approximate surface area is 111 Å². The van der Waals surface area contributed by atoms with Gasteiger partial charge in [-0.05, 0) is 30.5 Å². The summed E-state index contributed by atoms with van der Waals surface area (Å²) >= 11 is 0. The number of aliphatic carboxylic acids is 1. The van der Waals surface area contributed by atoms with Crippen molar-refractivity contribution in [2.24, 2.45) is 5.92 Å². The van der Waals surface area contributed by atoms with Crippen LogP contribution in [0.2, 0.25) is 0 Å². The van der Waals surface area contributed by atoms with E-state index in [1.165, 1.54) is 10.5 Å². The number of amides is 1. The van der Waals surface area contributed by atoms with E-state index in [1.54, 1.807) is 12.1 Å². The first-order valence-corrected chi connectivity index (χ1v) is 6.38. The van der Waals surface area contributed by atoms with Gasteiger partial charge < -0.3 is 14.7 Å². The zero-order valence-corrected chi connectivity index (χ0v) is 10.8. The van der Waals surface area contributed by atoms with Crippen LogP contribution in [0.25, 0.3) is 0 Å². The molecule has 1 aromatic rings. The van der Waals surface area contributed by atoms with Crippen molar-refractivity contribution in [3.05, 3.63) is 29.8 Å². The van der Waals surface area contributed by atoms with Gasteiger partial charge >= 0.3 is 12.1 Å². The molecule has 0 bridgehead atoms. The van der Waals surface area contributed by atoms with E-state index in [1.807, 2.05) is 12.1 Å². The molecule has 5 nitrogen and oxygen atoms in total. The van der Waals surface area contributed by atoms with Gasteiger partial charge in [-0.1, -0.05) is 19.1 Å². The van der Waals surface area contributed by atoms with Crippen LogP contribution >= 0.6 is 0 Å². The highest BCUT2D eigenvalue weighted by molar-refractivity contribution is 5.75. The van der Waals surface area contributed by atoms with Gasteiger partial charge in [-0.3, -0.25) is 4.79 Å². The van der Waals surface area contributed by atoms with E-state index in [0.29, 0.717) is 18.7 Å². The Balaban J connectivity index is 1.92. The van der Waals surface area contributed by atoms with Crippen LogP contribution in [0.3, 0.4) is 0 Å². The van der Waals surface area contributed by atoms with Gasteiger partial charge in [0.15, 0.2) is 0 Å². The lowest BCUT2D eigenvalue weighted by Crippen LogP contribution is -2.32. The topological polar surface area (TPSA) is 66.8 Å². The van der Waals surface area contributed by atoms with E-state index in [0.717, 1.165) is 6.42 Å². The highest BCUT2D eigenvalue weighted by Crippen LogP contribution is 2.19. The number of carboxylic acid groups (broad SMARTS) is 1. The Morgan fingerprint density at radius 2 is 2.05 bits per heavy atom. The van der Waals surface area contributed by atoms with E-state index in [-0.39, 0.29) is 6.54 Å². The van der Waals surface area contributed by atoms with Crippen LogP contribution in [-0.4, -0.2) is 35.2 Å². The fraction of sp³-hybridized carbons (Fsp3) is 0.429. The molecule has 1 heterocycles. The van der Waals surface area contributed by atoms with Crippen molar-refractivity contribution in [1.29, 1.82) is 0 Å². The van der Waals surface area contributed by atoms with Crippen LogP contribution in [0.5, 0.6) is 5.75 Å². The summed E-state index contributed by atoms with van der Waals surface area (Å²) < 4.78 is 5.22. The molecule has 2 rings (SSSR count). The Kier molecular flexibility index (Phi) is 4.04. The molecular formula is C14H17NO4. The number of hydrogen-bond acceptors (Lipinski definition) is 3. The Bertz CT molecular complexity index is 469. The second-order valence-corrected chi connectivity index (χ2v) is 4.64. The van der Waals surface area contributed by atoms with Crippen molar-refractivity contribution in [1.82, 2.24) is 4.90 Å². The van der Waals surface area contributed by atoms with E-state index in [2.05, 4.69) is 6.92 Å². The Morgan fingerprint density at radius 3 is 2.58 bits per heavy atom. The average Bonchev–Trinajstić information content (AvgIpc) is 2.89. The van der Waals surface area contributed by atoms with E-state index in [9.17, 15) is 9.59 Å². The molecule has 1 N–H and O–H groups in total. The van der Waals surface area contributed by atoms with E-state index in [4.69, 9.17) is 9.84 Å². The predicted molar refractivity (Wildman–Crippen MR) is 69.2 cm³/mol. The van der Waals surface area contributed by atoms with Gasteiger partial charge in [0.25, 0.3) is 0 Å². The first-order valence-electron chi connectivity index (χ1n) is 6.38. The lowest BCUT2D eigenvalue weighted by Gasteiger charge is -2.15. The number of nitrogens with zero attached hydrogens (tertiary/aromatic N) is 1. The second-order valence-electron chi connectivity index (χ2n) is 4.64. The normalized spacial score (nSPS) is 18.4. The number of carboxylic acids is 1. The minimum Gasteiger partial charge on any atom is -0.481 e. The number of hydrogen-bond donors (Lipinski definition) is 1. The Morgan fingerprint density at radius 1 is 1.37 bits per heavy atom. The van der Waals surface area contributed by atoms with Crippen molar-refractivity contribution in [3.8, 4) is 5.75 Å². The molecule has 1 atom stereocenters. The van der Waals surface area contributed by atoms with Crippen LogP contribution in [0.4, 0.5) is 4.79 Å². The quantitative estimate of drug-likeness (QED) is 0.907. The standard InChI is InChI=1S/C14H17NO4/c1-2-10-3-5-12(6-4-10)19-14(18)15-8-7-11(9-15)13(16)17/h3-6,11H,2,7-9H2,1H3,(H,16,17). The summed E-state index contributed by atoms with van der Waals surface area (Å²) in [5, 5.41) is 8.88. The molecule has 0 aromatic heterocycles. The highest BCUT2D eigenvalue weighted by Gasteiger charge is 2.31. The zero-order chi connectivity index (χ0) is 13.8. The first-order chi connectivity index (χ1) is 9.10. The smallest absolute Gasteiger partial charge is 0.415 e. The van der Waals surface area contributed by atoms with Crippen molar-refractivity contribution < 1.29 is 19.4 Å². The monoisotopic (exact) mass is 263 g/mol. The zero-order valence-electron chi connectivity index (χ0n) is 10.8. The van der Waals surface area contributed by atoms with Crippen molar-refractivity contribution in [3.63, 3.8) is 0 Å². The summed E-state index contributed by atoms with van der Waals surface area (Å²) in [5.41, 5.74) is 1.17. The molecule has 0 spiro atoms. The summed E-state index contributed by atoms with van der Waals surface area (Å²) in [6.45, 7) is 2.71. The maximum atomic E-state index is 11.8. The molecule has 1 saturated heterocycles. The maximum Gasteiger partial charge on any atom is 0.415 e. The number of ether oxygens (including phenoxy) is 1. The third-order valence-corrected chi connectivity index (χ3v) is 3.33. The van der Waals surface area contributed by atoms with Gasteiger partial charge in [-0.2, -0.15) is 0 Å². The molecule has 0 aliphatic carbocycles. The molecular weight excluding hydrogens is 246 g/mol. The number of carbonyl (C=O) groups excluding carboxylic acids is 1. The SMILES string of the molecule is CCc1ccc(OC(=O)N2CCC(C(=O)O)C2)cc1. The van der Waals surface area contributed by atoms with Gasteiger partial charge in [0.2, 0.25) is 0 Å². The lowest BCUT2D eigenvalue weighted by molar-refractivity contribution is -0.141. The van der Waals surface area contributed by atoms with Crippen molar-refractivity contribution in [2.45, 2.75) is 19.8 Å². The fourth-order valence-electron chi connectivity index (χ4n) is 2.09. The molecule has 102 valence electrons. The summed E-state index contributed by atoms with van der Waals surface area (Å²) in [7, 11) is 0. The summed E-state index contributed by atoms with van der Waals surface area (Å²) in [4.78, 5) is 24.1. The lowest BCUT2D eigenvalue weighted by atomic mass is 10.1. The molecule has 1 amide bonds. The molecule has 1 fully saturated rings. The first kappa shape index (κ1) is 13.4. The minimum absolute atomic E-state index is 0.223. The van der Waals surface area contributed by atoms with Gasteiger partial charge in [0, 0.05) is 13.1 Å². The number of benzene rings is 1. The molecule has 1 unspecified atom stereocenters. The summed E-state index contributed by atoms with van der Waals surface area (Å²) in [5.74, 6) is -0.849. The molecule has 19 heavy (non-hydrogen) atoms. The van der Waals surface area contributed by atoms with E-state index < -0.39 is 18.0 Å². The van der Waals surface area contributed by atoms with Crippen LogP contribution in [0.1, 0.15) is 18.9 Å². The fourth-order valence-corrected chi connectivity index (χ4v) is 2.09. The molecule has 0 saturated carbocycles. The van der Waals surface area contributed by atoms with Gasteiger partial charge in [0.1, 0.15) is 5.75 Å². The second kappa shape index (κ2) is 5.73. The number of carbonyl (C=O) groups is 2. The minimum atomic E-state index is -0.859. The molecule has 1 aliphatic heterocycles. The molecule has 1 aromatic carbocycles. The van der Waals surface area contributed by atoms with Crippen LogP contribution < -0.4 is 4.74 Å². The highest BCUT2D eigenvalue weighted by atomic mass is 16.6. The number of likely N-dealkylation sites (tertiary alicyclic amines) is 1. The summed E-state index contributed by atoms with van der Waals surface area (Å²) in [6.07, 6.45) is 0.938. The van der Waals surface area contributed by atoms with Gasteiger partial charge in [0.05, 0.1) is 5.92 Å². The maximum absolute atomic E-state index is 11.8. The number of aryl methyl sites for hydroxylation is 1. The van der Waals surface area contributed by atoms with Crippen molar-refractivity contribution >= 4 is 12.1 Å².